The van der Waals surface area contributed by atoms with Crippen molar-refractivity contribution >= 4 is 25.6 Å². The average molecular weight is 336 g/mol. The minimum Gasteiger partial charge on any atom is -0.506 e. The summed E-state index contributed by atoms with van der Waals surface area (Å²) in [5.74, 6) is -1.39. The zero-order valence-corrected chi connectivity index (χ0v) is 12.5. The Hall–Kier alpha value is -1.32. The molecule has 1 unspecified atom stereocenters. The second-order valence-electron chi connectivity index (χ2n) is 4.32. The molecular weight excluding hydrogens is 323 g/mol. The molecule has 2 atom stereocenters. The molecule has 0 aromatic carbocycles. The maximum atomic E-state index is 11.0. The van der Waals surface area contributed by atoms with Crippen molar-refractivity contribution in [1.82, 2.24) is 10.3 Å². The third-order valence-electron chi connectivity index (χ3n) is 2.80. The van der Waals surface area contributed by atoms with Crippen molar-refractivity contribution in [2.45, 2.75) is 18.3 Å². The van der Waals surface area contributed by atoms with Crippen LogP contribution in [0.5, 0.6) is 11.5 Å². The normalized spacial score (nSPS) is 22.2. The van der Waals surface area contributed by atoms with Crippen LogP contribution in [0.25, 0.3) is 0 Å². The highest BCUT2D eigenvalue weighted by Crippen LogP contribution is 2.47. The number of nitrogens with one attached hydrogen (secondary N) is 1. The highest BCUT2D eigenvalue weighted by atomic mass is 32.2. The number of hydrogen-bond acceptors (Lipinski definition) is 7. The number of nitrogens with zero attached hydrogens (tertiary/aromatic N) is 1. The topological polar surface area (TPSA) is 149 Å². The van der Waals surface area contributed by atoms with Gasteiger partial charge in [-0.1, -0.05) is 0 Å². The molecule has 2 heterocycles. The van der Waals surface area contributed by atoms with Crippen molar-refractivity contribution in [2.24, 2.45) is 0 Å². The summed E-state index contributed by atoms with van der Waals surface area (Å²) in [6.07, 6.45) is 1.08. The van der Waals surface area contributed by atoms with Gasteiger partial charge in [0, 0.05) is 5.75 Å². The minimum atomic E-state index is -4.83. The Balaban J connectivity index is 2.39. The van der Waals surface area contributed by atoms with Crippen molar-refractivity contribution in [1.29, 1.82) is 0 Å². The van der Waals surface area contributed by atoms with Gasteiger partial charge in [-0.15, -0.1) is 11.8 Å². The predicted octanol–water partition coefficient (Wildman–Crippen LogP) is 0.355. The Kier molecular flexibility index (Phi) is 4.45. The maximum absolute atomic E-state index is 11.0. The Morgan fingerprint density at radius 3 is 2.76 bits per heavy atom. The molecule has 0 aliphatic carbocycles. The third kappa shape index (κ3) is 3.66. The van der Waals surface area contributed by atoms with Gasteiger partial charge in [0.25, 0.3) is 0 Å². The summed E-state index contributed by atoms with van der Waals surface area (Å²) in [7, 11) is -4.83. The average Bonchev–Trinajstić information content (AvgIpc) is 2.82. The molecule has 116 valence electrons. The number of aromatic nitrogens is 1. The lowest BCUT2D eigenvalue weighted by molar-refractivity contribution is -0.138. The van der Waals surface area contributed by atoms with Crippen LogP contribution in [0, 0.1) is 6.92 Å². The number of aryl methyl sites for hydroxylation is 1. The largest absolute Gasteiger partial charge is 0.524 e. The lowest BCUT2D eigenvalue weighted by Crippen LogP contribution is -2.33. The van der Waals surface area contributed by atoms with E-state index in [9.17, 15) is 14.5 Å². The molecule has 9 nitrogen and oxygen atoms in total. The number of pyridine rings is 1. The standard InChI is InChI=1S/C10H13N2O7PS/c1-4-8(13)7(6(2-11-4)19-20(16,17)18)9-12-5(3-21-9)10(14)15/h2,5,9,12-13H,3H2,1H3,(H,14,15)(H2,16,17,18)/t5-,9?/m1/s1. The second kappa shape index (κ2) is 5.82. The lowest BCUT2D eigenvalue weighted by Gasteiger charge is -2.18. The molecule has 1 fully saturated rings. The molecule has 2 rings (SSSR count). The summed E-state index contributed by atoms with van der Waals surface area (Å²) in [5.41, 5.74) is 0.309. The van der Waals surface area contributed by atoms with Crippen molar-refractivity contribution in [3.05, 3.63) is 17.5 Å². The number of aromatic hydroxyl groups is 1. The number of carboxylic acids is 1. The van der Waals surface area contributed by atoms with E-state index in [-0.39, 0.29) is 28.5 Å². The summed E-state index contributed by atoms with van der Waals surface area (Å²) in [4.78, 5) is 32.5. The molecule has 21 heavy (non-hydrogen) atoms. The number of phosphoric acid groups is 1. The smallest absolute Gasteiger partial charge is 0.506 e. The molecule has 0 amide bonds. The Morgan fingerprint density at radius 1 is 1.57 bits per heavy atom. The Labute approximate surface area is 123 Å². The summed E-state index contributed by atoms with van der Waals surface area (Å²) in [6.45, 7) is 1.51. The quantitative estimate of drug-likeness (QED) is 0.488. The van der Waals surface area contributed by atoms with Crippen LogP contribution >= 0.6 is 19.6 Å². The predicted molar refractivity (Wildman–Crippen MR) is 73.1 cm³/mol. The number of carboxylic acid groups (broad SMARTS) is 1. The number of aliphatic carboxylic acids is 1. The van der Waals surface area contributed by atoms with E-state index < -0.39 is 25.2 Å². The molecule has 0 bridgehead atoms. The first-order valence-electron chi connectivity index (χ1n) is 5.73. The van der Waals surface area contributed by atoms with Gasteiger partial charge in [0.1, 0.15) is 11.8 Å². The van der Waals surface area contributed by atoms with E-state index >= 15 is 0 Å². The summed E-state index contributed by atoms with van der Waals surface area (Å²) in [6, 6.07) is -0.823. The van der Waals surface area contributed by atoms with Gasteiger partial charge in [0.15, 0.2) is 5.75 Å². The van der Waals surface area contributed by atoms with Gasteiger partial charge in [-0.05, 0) is 6.92 Å². The highest BCUT2D eigenvalue weighted by molar-refractivity contribution is 7.99. The van der Waals surface area contributed by atoms with Crippen LogP contribution in [-0.2, 0) is 9.36 Å². The number of carbonyl (C=O) groups is 1. The third-order valence-corrected chi connectivity index (χ3v) is 4.46. The first-order chi connectivity index (χ1) is 9.69. The van der Waals surface area contributed by atoms with E-state index in [1.54, 1.807) is 0 Å². The van der Waals surface area contributed by atoms with Crippen LogP contribution in [0.1, 0.15) is 16.6 Å². The van der Waals surface area contributed by atoms with E-state index in [0.29, 0.717) is 0 Å². The van der Waals surface area contributed by atoms with Crippen LogP contribution in [0.4, 0.5) is 0 Å². The zero-order valence-electron chi connectivity index (χ0n) is 10.8. The molecule has 1 aromatic rings. The van der Waals surface area contributed by atoms with E-state index in [1.807, 2.05) is 0 Å². The van der Waals surface area contributed by atoms with Crippen LogP contribution in [0.3, 0.4) is 0 Å². The zero-order chi connectivity index (χ0) is 15.8. The SMILES string of the molecule is Cc1ncc(OP(=O)(O)O)c(C2N[C@@H](C(=O)O)CS2)c1O. The molecular formula is C10H13N2O7PS. The molecule has 1 aromatic heterocycles. The van der Waals surface area contributed by atoms with E-state index in [2.05, 4.69) is 14.8 Å². The van der Waals surface area contributed by atoms with Crippen molar-refractivity contribution < 1.29 is 33.9 Å². The molecule has 0 spiro atoms. The molecule has 0 radical (unpaired) electrons. The van der Waals surface area contributed by atoms with Crippen molar-refractivity contribution in [2.75, 3.05) is 5.75 Å². The molecule has 0 saturated carbocycles. The van der Waals surface area contributed by atoms with Crippen molar-refractivity contribution in [3.63, 3.8) is 0 Å². The highest BCUT2D eigenvalue weighted by Gasteiger charge is 2.35. The Bertz CT molecular complexity index is 620. The van der Waals surface area contributed by atoms with E-state index in [0.717, 1.165) is 6.20 Å². The first kappa shape index (κ1) is 16.1. The fraction of sp³-hybridized carbons (Fsp3) is 0.400. The number of phosphoric ester groups is 1. The van der Waals surface area contributed by atoms with E-state index in [1.165, 1.54) is 18.7 Å². The van der Waals surface area contributed by atoms with Gasteiger partial charge < -0.3 is 14.7 Å². The molecule has 11 heteroatoms. The van der Waals surface area contributed by atoms with Gasteiger partial charge in [-0.3, -0.25) is 24.9 Å². The number of hydrogen-bond donors (Lipinski definition) is 5. The van der Waals surface area contributed by atoms with Gasteiger partial charge in [-0.25, -0.2) is 4.57 Å². The van der Waals surface area contributed by atoms with Crippen molar-refractivity contribution in [3.8, 4) is 11.5 Å². The summed E-state index contributed by atoms with van der Waals surface area (Å²) >= 11 is 1.18. The van der Waals surface area contributed by atoms with Gasteiger partial charge in [-0.2, -0.15) is 0 Å². The van der Waals surface area contributed by atoms with Gasteiger partial charge >= 0.3 is 13.8 Å². The van der Waals surface area contributed by atoms with Gasteiger partial charge in [0.2, 0.25) is 0 Å². The van der Waals surface area contributed by atoms with Crippen LogP contribution in [-0.4, -0.2) is 42.7 Å². The molecule has 1 aliphatic heterocycles. The summed E-state index contributed by atoms with van der Waals surface area (Å²) in [5, 5.41) is 21.1. The minimum absolute atomic E-state index is 0.0691. The molecule has 5 N–H and O–H groups in total. The number of thioether (sulfide) groups is 1. The lowest BCUT2D eigenvalue weighted by atomic mass is 10.1. The first-order valence-corrected chi connectivity index (χ1v) is 8.31. The summed E-state index contributed by atoms with van der Waals surface area (Å²) < 4.78 is 15.5. The number of rotatable bonds is 4. The van der Waals surface area contributed by atoms with Crippen LogP contribution in [0.2, 0.25) is 0 Å². The fourth-order valence-electron chi connectivity index (χ4n) is 1.83. The molecule has 1 aliphatic rings. The molecule has 1 saturated heterocycles. The van der Waals surface area contributed by atoms with Gasteiger partial charge in [0.05, 0.1) is 22.8 Å². The maximum Gasteiger partial charge on any atom is 0.524 e. The van der Waals surface area contributed by atoms with Crippen LogP contribution < -0.4 is 9.84 Å². The Morgan fingerprint density at radius 2 is 2.24 bits per heavy atom. The fourth-order valence-corrected chi connectivity index (χ4v) is 3.51. The van der Waals surface area contributed by atoms with Crippen LogP contribution in [0.15, 0.2) is 6.20 Å². The van der Waals surface area contributed by atoms with E-state index in [4.69, 9.17) is 14.9 Å². The monoisotopic (exact) mass is 336 g/mol. The second-order valence-corrected chi connectivity index (χ2v) is 6.62.